The molecule has 0 atom stereocenters. The predicted molar refractivity (Wildman–Crippen MR) is 125 cm³/mol. The Bertz CT molecular complexity index is 1390. The molecule has 5 rings (SSSR count). The number of aryl methyl sites for hydroxylation is 1. The molecule has 0 bridgehead atoms. The van der Waals surface area contributed by atoms with Crippen molar-refractivity contribution in [1.82, 2.24) is 34.4 Å². The second kappa shape index (κ2) is 8.95. The van der Waals surface area contributed by atoms with Crippen LogP contribution in [-0.2, 0) is 13.0 Å². The third-order valence-electron chi connectivity index (χ3n) is 5.40. The minimum atomic E-state index is -0.243. The molecule has 0 aliphatic heterocycles. The molecular weight excluding hydrogens is 416 g/mol. The third-order valence-corrected chi connectivity index (χ3v) is 5.40. The van der Waals surface area contributed by atoms with E-state index < -0.39 is 0 Å². The minimum absolute atomic E-state index is 0.243. The van der Waals surface area contributed by atoms with E-state index in [4.69, 9.17) is 13.0 Å². The highest BCUT2D eigenvalue weighted by Gasteiger charge is 2.17. The molecule has 33 heavy (non-hydrogen) atoms. The second-order valence-corrected chi connectivity index (χ2v) is 7.90. The molecule has 0 unspecified atom stereocenters. The van der Waals surface area contributed by atoms with Gasteiger partial charge in [0, 0.05) is 24.0 Å². The predicted octanol–water partition coefficient (Wildman–Crippen LogP) is 3.76. The Morgan fingerprint density at radius 1 is 1.06 bits per heavy atom. The Morgan fingerprint density at radius 2 is 1.91 bits per heavy atom. The van der Waals surface area contributed by atoms with Gasteiger partial charge < -0.3 is 9.79 Å². The summed E-state index contributed by atoms with van der Waals surface area (Å²) in [6.45, 7) is 2.98. The summed E-state index contributed by atoms with van der Waals surface area (Å²) in [5.74, 6) is 0.483. The van der Waals surface area contributed by atoms with Crippen LogP contribution in [0.1, 0.15) is 17.1 Å². The van der Waals surface area contributed by atoms with Crippen molar-refractivity contribution in [3.63, 3.8) is 0 Å². The number of halogens is 1. The summed E-state index contributed by atoms with van der Waals surface area (Å²) in [4.78, 5) is 18.8. The number of pyridine rings is 2. The fourth-order valence-corrected chi connectivity index (χ4v) is 3.73. The molecule has 1 N–H and O–H groups in total. The average Bonchev–Trinajstić information content (AvgIpc) is 3.45. The molecule has 9 heteroatoms. The SMILES string of the molecule is [B]N(CCc1ccc(F)cc1)Cc1nc(-c2ccc3ncnn3c2)c(-c2cccc(C)n2)[nH]1. The van der Waals surface area contributed by atoms with Crippen LogP contribution >= 0.6 is 0 Å². The Hall–Kier alpha value is -3.85. The molecule has 0 fully saturated rings. The van der Waals surface area contributed by atoms with Gasteiger partial charge in [0.2, 0.25) is 0 Å². The summed E-state index contributed by atoms with van der Waals surface area (Å²) < 4.78 is 14.8. The first-order chi connectivity index (χ1) is 16.0. The van der Waals surface area contributed by atoms with Gasteiger partial charge in [-0.1, -0.05) is 18.2 Å². The van der Waals surface area contributed by atoms with Crippen molar-refractivity contribution < 1.29 is 4.39 Å². The Morgan fingerprint density at radius 3 is 2.73 bits per heavy atom. The first kappa shape index (κ1) is 21.0. The average molecular weight is 437 g/mol. The minimum Gasteiger partial charge on any atom is -0.347 e. The lowest BCUT2D eigenvalue weighted by Gasteiger charge is -2.15. The number of rotatable bonds is 7. The standard InChI is InChI=1S/C24H21BFN7/c1-16-3-2-4-20(29-16)24-23(18-7-10-22-27-15-28-33(22)13-18)30-21(31-24)14-32(25)12-11-17-5-8-19(26)9-6-17/h2-10,13,15H,11-12,14H2,1H3,(H,30,31). The lowest BCUT2D eigenvalue weighted by atomic mass is 10.1. The van der Waals surface area contributed by atoms with Gasteiger partial charge in [-0.05, 0) is 61.9 Å². The molecule has 2 radical (unpaired) electrons. The van der Waals surface area contributed by atoms with E-state index in [2.05, 4.69) is 20.1 Å². The Labute approximate surface area is 191 Å². The normalized spacial score (nSPS) is 11.5. The smallest absolute Gasteiger partial charge is 0.183 e. The number of aromatic nitrogens is 6. The van der Waals surface area contributed by atoms with Gasteiger partial charge >= 0.3 is 0 Å². The molecule has 0 amide bonds. The number of aromatic amines is 1. The maximum Gasteiger partial charge on any atom is 0.183 e. The summed E-state index contributed by atoms with van der Waals surface area (Å²) in [5, 5.41) is 4.24. The lowest BCUT2D eigenvalue weighted by Crippen LogP contribution is -2.23. The maximum atomic E-state index is 13.1. The number of hydrogen-bond acceptors (Lipinski definition) is 5. The zero-order valence-corrected chi connectivity index (χ0v) is 18.1. The molecule has 0 saturated heterocycles. The van der Waals surface area contributed by atoms with Gasteiger partial charge in [0.15, 0.2) is 13.6 Å². The number of fused-ring (bicyclic) bond motifs is 1. The van der Waals surface area contributed by atoms with E-state index in [0.717, 1.165) is 45.4 Å². The van der Waals surface area contributed by atoms with E-state index in [1.165, 1.54) is 18.5 Å². The molecule has 0 aliphatic rings. The van der Waals surface area contributed by atoms with Crippen LogP contribution in [0.25, 0.3) is 28.3 Å². The molecular formula is C24H21BFN7. The van der Waals surface area contributed by atoms with Crippen molar-refractivity contribution >= 4 is 13.6 Å². The van der Waals surface area contributed by atoms with Gasteiger partial charge in [0.25, 0.3) is 0 Å². The van der Waals surface area contributed by atoms with Crippen molar-refractivity contribution in [2.45, 2.75) is 19.9 Å². The highest BCUT2D eigenvalue weighted by atomic mass is 19.1. The fourth-order valence-electron chi connectivity index (χ4n) is 3.73. The first-order valence-corrected chi connectivity index (χ1v) is 10.6. The number of nitrogens with one attached hydrogen (secondary N) is 1. The zero-order valence-electron chi connectivity index (χ0n) is 18.1. The van der Waals surface area contributed by atoms with E-state index >= 15 is 0 Å². The van der Waals surface area contributed by atoms with Crippen molar-refractivity contribution in [3.8, 4) is 22.6 Å². The van der Waals surface area contributed by atoms with E-state index in [1.807, 2.05) is 43.5 Å². The van der Waals surface area contributed by atoms with Crippen LogP contribution in [0.4, 0.5) is 4.39 Å². The second-order valence-electron chi connectivity index (χ2n) is 7.90. The van der Waals surface area contributed by atoms with Gasteiger partial charge in [-0.15, -0.1) is 0 Å². The van der Waals surface area contributed by atoms with Crippen molar-refractivity contribution in [2.75, 3.05) is 6.54 Å². The molecule has 0 spiro atoms. The quantitative estimate of drug-likeness (QED) is 0.393. The van der Waals surface area contributed by atoms with Crippen LogP contribution in [0.2, 0.25) is 0 Å². The maximum absolute atomic E-state index is 13.1. The van der Waals surface area contributed by atoms with Gasteiger partial charge in [0.05, 0.1) is 17.1 Å². The molecule has 5 aromatic rings. The highest BCUT2D eigenvalue weighted by molar-refractivity contribution is 6.04. The number of H-pyrrole nitrogens is 1. The molecule has 0 aliphatic carbocycles. The first-order valence-electron chi connectivity index (χ1n) is 10.6. The molecule has 162 valence electrons. The lowest BCUT2D eigenvalue weighted by molar-refractivity contribution is 0.441. The fraction of sp³-hybridized carbons (Fsp3) is 0.167. The van der Waals surface area contributed by atoms with Gasteiger partial charge in [0.1, 0.15) is 18.0 Å². The van der Waals surface area contributed by atoms with E-state index in [0.29, 0.717) is 19.5 Å². The molecule has 7 nitrogen and oxygen atoms in total. The van der Waals surface area contributed by atoms with Gasteiger partial charge in [-0.3, -0.25) is 4.98 Å². The Balaban J connectivity index is 1.43. The number of imidazole rings is 1. The third kappa shape index (κ3) is 4.68. The molecule has 4 aromatic heterocycles. The molecule has 1 aromatic carbocycles. The van der Waals surface area contributed by atoms with Crippen LogP contribution in [-0.4, -0.2) is 48.9 Å². The van der Waals surface area contributed by atoms with Crippen LogP contribution in [0.5, 0.6) is 0 Å². The molecule has 0 saturated carbocycles. The van der Waals surface area contributed by atoms with Crippen LogP contribution < -0.4 is 0 Å². The van der Waals surface area contributed by atoms with Crippen molar-refractivity contribution in [1.29, 1.82) is 0 Å². The highest BCUT2D eigenvalue weighted by Crippen LogP contribution is 2.29. The number of hydrogen-bond donors (Lipinski definition) is 1. The Kier molecular flexibility index (Phi) is 5.70. The summed E-state index contributed by atoms with van der Waals surface area (Å²) in [6, 6.07) is 16.2. The van der Waals surface area contributed by atoms with Gasteiger partial charge in [-0.25, -0.2) is 18.9 Å². The van der Waals surface area contributed by atoms with Crippen LogP contribution in [0, 0.1) is 12.7 Å². The summed E-state index contributed by atoms with van der Waals surface area (Å²) in [5.41, 5.74) is 5.99. The summed E-state index contributed by atoms with van der Waals surface area (Å²) in [7, 11) is 6.27. The number of benzene rings is 1. The monoisotopic (exact) mass is 437 g/mol. The molecule has 4 heterocycles. The van der Waals surface area contributed by atoms with E-state index in [1.54, 1.807) is 21.5 Å². The summed E-state index contributed by atoms with van der Waals surface area (Å²) >= 11 is 0. The zero-order chi connectivity index (χ0) is 22.8. The van der Waals surface area contributed by atoms with Crippen molar-refractivity contribution in [3.05, 3.63) is 90.0 Å². The number of nitrogens with zero attached hydrogens (tertiary/aromatic N) is 6. The van der Waals surface area contributed by atoms with E-state index in [9.17, 15) is 4.39 Å². The van der Waals surface area contributed by atoms with Crippen LogP contribution in [0.3, 0.4) is 0 Å². The summed E-state index contributed by atoms with van der Waals surface area (Å²) in [6.07, 6.45) is 4.13. The topological polar surface area (TPSA) is 75.0 Å². The van der Waals surface area contributed by atoms with E-state index in [-0.39, 0.29) is 5.82 Å². The van der Waals surface area contributed by atoms with Crippen molar-refractivity contribution in [2.24, 2.45) is 0 Å². The van der Waals surface area contributed by atoms with Crippen LogP contribution in [0.15, 0.2) is 67.1 Å². The largest absolute Gasteiger partial charge is 0.347 e. The van der Waals surface area contributed by atoms with Gasteiger partial charge in [-0.2, -0.15) is 5.10 Å².